The lowest BCUT2D eigenvalue weighted by molar-refractivity contribution is -0.137. The normalized spacial score (nSPS) is 19.1. The van der Waals surface area contributed by atoms with Crippen LogP contribution in [0.3, 0.4) is 0 Å². The van der Waals surface area contributed by atoms with Gasteiger partial charge in [0.2, 0.25) is 0 Å². The summed E-state index contributed by atoms with van der Waals surface area (Å²) >= 11 is 6.04. The Bertz CT molecular complexity index is 645. The molecule has 2 aromatic rings. The van der Waals surface area contributed by atoms with Gasteiger partial charge in [-0.25, -0.2) is 4.98 Å². The summed E-state index contributed by atoms with van der Waals surface area (Å²) in [5.41, 5.74) is -0.119. The van der Waals surface area contributed by atoms with E-state index in [0.29, 0.717) is 5.69 Å². The highest BCUT2D eigenvalue weighted by Gasteiger charge is 2.35. The number of rotatable bonds is 2. The molecule has 1 atom stereocenters. The smallest absolute Gasteiger partial charge is 0.309 e. The number of hydrogen-bond acceptors (Lipinski definition) is 2. The molecule has 1 saturated heterocycles. The zero-order chi connectivity index (χ0) is 15.0. The molecule has 1 aromatic heterocycles. The van der Waals surface area contributed by atoms with Gasteiger partial charge in [0.1, 0.15) is 0 Å². The maximum atomic E-state index is 13.2. The Morgan fingerprint density at radius 2 is 2.14 bits per heavy atom. The topological polar surface area (TPSA) is 29.9 Å². The highest BCUT2D eigenvalue weighted by molar-refractivity contribution is 6.32. The molecule has 1 aliphatic rings. The SMILES string of the molecule is FC(F)(F)c1cccc(Cl)c1-n1cncc1[C@@H]1CCCN1. The van der Waals surface area contributed by atoms with E-state index >= 15 is 0 Å². The molecule has 0 bridgehead atoms. The van der Waals surface area contributed by atoms with Crippen molar-refractivity contribution in [2.75, 3.05) is 6.54 Å². The fourth-order valence-electron chi connectivity index (χ4n) is 2.68. The molecule has 1 N–H and O–H groups in total. The number of imidazole rings is 1. The molecular weight excluding hydrogens is 303 g/mol. The van der Waals surface area contributed by atoms with E-state index in [1.54, 1.807) is 6.20 Å². The second kappa shape index (κ2) is 5.35. The summed E-state index contributed by atoms with van der Waals surface area (Å²) in [6.07, 6.45) is 0.366. The highest BCUT2D eigenvalue weighted by atomic mass is 35.5. The number of hydrogen-bond donors (Lipinski definition) is 1. The molecule has 0 unspecified atom stereocenters. The van der Waals surface area contributed by atoms with Crippen molar-refractivity contribution in [3.05, 3.63) is 47.0 Å². The number of nitrogens with zero attached hydrogens (tertiary/aromatic N) is 2. The standard InChI is InChI=1S/C14H13ClF3N3/c15-10-4-1-3-9(14(16,17)18)13(10)21-8-19-7-12(21)11-5-2-6-20-11/h1,3-4,7-8,11,20H,2,5-6H2/t11-/m0/s1. The van der Waals surface area contributed by atoms with Crippen LogP contribution in [0.15, 0.2) is 30.7 Å². The van der Waals surface area contributed by atoms with Crippen LogP contribution in [0.1, 0.15) is 30.1 Å². The van der Waals surface area contributed by atoms with Gasteiger partial charge in [0.15, 0.2) is 0 Å². The van der Waals surface area contributed by atoms with Crippen molar-refractivity contribution in [3.63, 3.8) is 0 Å². The van der Waals surface area contributed by atoms with Gasteiger partial charge in [-0.2, -0.15) is 13.2 Å². The maximum Gasteiger partial charge on any atom is 0.418 e. The minimum absolute atomic E-state index is 0.00450. The predicted molar refractivity (Wildman–Crippen MR) is 73.6 cm³/mol. The summed E-state index contributed by atoms with van der Waals surface area (Å²) in [6, 6.07) is 3.80. The van der Waals surface area contributed by atoms with Crippen molar-refractivity contribution >= 4 is 11.6 Å². The average molecular weight is 316 g/mol. The van der Waals surface area contributed by atoms with E-state index < -0.39 is 11.7 Å². The van der Waals surface area contributed by atoms with Gasteiger partial charge in [-0.3, -0.25) is 4.57 Å². The van der Waals surface area contributed by atoms with Crippen LogP contribution in [-0.2, 0) is 6.18 Å². The lowest BCUT2D eigenvalue weighted by atomic mass is 10.1. The molecule has 2 heterocycles. The Morgan fingerprint density at radius 1 is 1.33 bits per heavy atom. The summed E-state index contributed by atoms with van der Waals surface area (Å²) in [7, 11) is 0. The minimum atomic E-state index is -4.47. The fraction of sp³-hybridized carbons (Fsp3) is 0.357. The molecule has 3 nitrogen and oxygen atoms in total. The van der Waals surface area contributed by atoms with Crippen LogP contribution in [0.25, 0.3) is 5.69 Å². The first-order valence-corrected chi connectivity index (χ1v) is 6.98. The van der Waals surface area contributed by atoms with Crippen LogP contribution in [-0.4, -0.2) is 16.1 Å². The van der Waals surface area contributed by atoms with Crippen LogP contribution < -0.4 is 5.32 Å². The minimum Gasteiger partial charge on any atom is -0.309 e. The van der Waals surface area contributed by atoms with E-state index in [4.69, 9.17) is 11.6 Å². The largest absolute Gasteiger partial charge is 0.418 e. The molecule has 0 radical (unpaired) electrons. The number of aromatic nitrogens is 2. The van der Waals surface area contributed by atoms with Crippen LogP contribution in [0, 0.1) is 0 Å². The number of para-hydroxylation sites is 1. The molecule has 0 amide bonds. The van der Waals surface area contributed by atoms with Gasteiger partial charge in [0, 0.05) is 6.04 Å². The van der Waals surface area contributed by atoms with Crippen molar-refractivity contribution in [3.8, 4) is 5.69 Å². The maximum absolute atomic E-state index is 13.2. The van der Waals surface area contributed by atoms with Gasteiger partial charge in [0.25, 0.3) is 0 Å². The summed E-state index contributed by atoms with van der Waals surface area (Å²) in [5, 5.41) is 3.32. The Labute approximate surface area is 124 Å². The average Bonchev–Trinajstić information content (AvgIpc) is 3.08. The van der Waals surface area contributed by atoms with Gasteiger partial charge in [-0.1, -0.05) is 17.7 Å². The van der Waals surface area contributed by atoms with Gasteiger partial charge < -0.3 is 5.32 Å². The zero-order valence-corrected chi connectivity index (χ0v) is 11.7. The van der Waals surface area contributed by atoms with Crippen molar-refractivity contribution < 1.29 is 13.2 Å². The first kappa shape index (κ1) is 14.4. The Balaban J connectivity index is 2.15. The van der Waals surface area contributed by atoms with Gasteiger partial charge in [0.05, 0.1) is 34.5 Å². The second-order valence-electron chi connectivity index (χ2n) is 4.97. The molecule has 0 saturated carbocycles. The molecule has 1 fully saturated rings. The van der Waals surface area contributed by atoms with E-state index in [1.807, 2.05) is 0 Å². The molecular formula is C14H13ClF3N3. The van der Waals surface area contributed by atoms with Gasteiger partial charge in [-0.05, 0) is 31.5 Å². The van der Waals surface area contributed by atoms with Crippen molar-refractivity contribution in [2.45, 2.75) is 25.1 Å². The molecule has 3 rings (SSSR count). The van der Waals surface area contributed by atoms with E-state index in [2.05, 4.69) is 10.3 Å². The number of nitrogens with one attached hydrogen (secondary N) is 1. The molecule has 0 aliphatic carbocycles. The van der Waals surface area contributed by atoms with Crippen LogP contribution in [0.4, 0.5) is 13.2 Å². The number of halogens is 4. The molecule has 21 heavy (non-hydrogen) atoms. The molecule has 1 aromatic carbocycles. The van der Waals surface area contributed by atoms with E-state index in [1.165, 1.54) is 23.0 Å². The summed E-state index contributed by atoms with van der Waals surface area (Å²) in [5.74, 6) is 0. The van der Waals surface area contributed by atoms with Crippen molar-refractivity contribution in [1.82, 2.24) is 14.9 Å². The Morgan fingerprint density at radius 3 is 2.81 bits per heavy atom. The summed E-state index contributed by atoms with van der Waals surface area (Å²) in [6.45, 7) is 0.852. The van der Waals surface area contributed by atoms with E-state index in [9.17, 15) is 13.2 Å². The fourth-order valence-corrected chi connectivity index (χ4v) is 2.94. The molecule has 112 valence electrons. The van der Waals surface area contributed by atoms with E-state index in [-0.39, 0.29) is 16.8 Å². The van der Waals surface area contributed by atoms with Crippen molar-refractivity contribution in [1.29, 1.82) is 0 Å². The van der Waals surface area contributed by atoms with Crippen LogP contribution >= 0.6 is 11.6 Å². The van der Waals surface area contributed by atoms with E-state index in [0.717, 1.165) is 25.5 Å². The number of benzene rings is 1. The number of alkyl halides is 3. The van der Waals surface area contributed by atoms with Crippen LogP contribution in [0.2, 0.25) is 5.02 Å². The first-order chi connectivity index (χ1) is 9.98. The highest BCUT2D eigenvalue weighted by Crippen LogP contribution is 2.38. The predicted octanol–water partition coefficient (Wildman–Crippen LogP) is 3.97. The van der Waals surface area contributed by atoms with Crippen LogP contribution in [0.5, 0.6) is 0 Å². The quantitative estimate of drug-likeness (QED) is 0.909. The third-order valence-corrected chi connectivity index (χ3v) is 3.92. The lowest BCUT2D eigenvalue weighted by Gasteiger charge is -2.19. The van der Waals surface area contributed by atoms with Gasteiger partial charge in [-0.15, -0.1) is 0 Å². The zero-order valence-electron chi connectivity index (χ0n) is 11.0. The molecule has 0 spiro atoms. The third kappa shape index (κ3) is 2.65. The Kier molecular flexibility index (Phi) is 3.67. The summed E-state index contributed by atoms with van der Waals surface area (Å²) in [4.78, 5) is 4.00. The third-order valence-electron chi connectivity index (χ3n) is 3.62. The second-order valence-corrected chi connectivity index (χ2v) is 5.38. The monoisotopic (exact) mass is 315 g/mol. The molecule has 1 aliphatic heterocycles. The first-order valence-electron chi connectivity index (χ1n) is 6.60. The Hall–Kier alpha value is -1.53. The van der Waals surface area contributed by atoms with Crippen molar-refractivity contribution in [2.24, 2.45) is 0 Å². The molecule has 7 heteroatoms. The lowest BCUT2D eigenvalue weighted by Crippen LogP contribution is -2.18. The van der Waals surface area contributed by atoms with Gasteiger partial charge >= 0.3 is 6.18 Å². The summed E-state index contributed by atoms with van der Waals surface area (Å²) < 4.78 is 41.1.